The highest BCUT2D eigenvalue weighted by Gasteiger charge is 2.31. The number of rotatable bonds is 5. The van der Waals surface area contributed by atoms with Crippen LogP contribution >= 0.6 is 0 Å². The molecule has 8 heteroatoms. The number of sulfonamides is 1. The Morgan fingerprint density at radius 3 is 2.06 bits per heavy atom. The van der Waals surface area contributed by atoms with Crippen LogP contribution < -0.4 is 10.0 Å². The van der Waals surface area contributed by atoms with Crippen molar-refractivity contribution in [1.29, 1.82) is 0 Å². The van der Waals surface area contributed by atoms with Gasteiger partial charge in [0.2, 0.25) is 5.95 Å². The molecule has 7 nitrogen and oxygen atoms in total. The van der Waals surface area contributed by atoms with Crippen LogP contribution in [0.4, 0.5) is 11.9 Å². The molecule has 0 aliphatic carbocycles. The normalized spacial score (nSPS) is 18.1. The number of hydrogen-bond donors (Lipinski definition) is 2. The Bertz CT molecular complexity index is 1280. The molecule has 0 amide bonds. The van der Waals surface area contributed by atoms with Gasteiger partial charge < -0.3 is 5.32 Å². The summed E-state index contributed by atoms with van der Waals surface area (Å²) in [6, 6.07) is 28.4. The lowest BCUT2D eigenvalue weighted by Gasteiger charge is -2.31. The molecule has 2 unspecified atom stereocenters. The largest absolute Gasteiger partial charge is 0.347 e. The van der Waals surface area contributed by atoms with E-state index in [0.717, 1.165) is 17.5 Å². The molecule has 1 aliphatic heterocycles. The fraction of sp³-hybridized carbons (Fsp3) is 0.130. The first-order valence-corrected chi connectivity index (χ1v) is 11.5. The van der Waals surface area contributed by atoms with Gasteiger partial charge in [-0.1, -0.05) is 78.9 Å². The van der Waals surface area contributed by atoms with Gasteiger partial charge in [0.25, 0.3) is 16.0 Å². The standard InChI is InChI=1S/C23H21N5O2S/c29-31(30,19-14-8-3-9-15-19)27-22-25-23-24-20(17-10-4-1-5-11-17)16-21(28(23)26-22)18-12-6-2-7-13-18/h1-15,20-21H,16H2,(H2,24,25,26,27). The van der Waals surface area contributed by atoms with Crippen molar-refractivity contribution in [2.75, 3.05) is 10.0 Å². The highest BCUT2D eigenvalue weighted by molar-refractivity contribution is 7.92. The molecule has 1 aliphatic rings. The third kappa shape index (κ3) is 3.89. The van der Waals surface area contributed by atoms with Crippen LogP contribution in [0.2, 0.25) is 0 Å². The highest BCUT2D eigenvalue weighted by Crippen LogP contribution is 2.38. The molecule has 31 heavy (non-hydrogen) atoms. The van der Waals surface area contributed by atoms with Gasteiger partial charge in [-0.25, -0.2) is 17.8 Å². The zero-order valence-corrected chi connectivity index (χ0v) is 17.4. The molecule has 5 rings (SSSR count). The quantitative estimate of drug-likeness (QED) is 0.494. The molecule has 2 atom stereocenters. The molecule has 2 N–H and O–H groups in total. The number of anilines is 2. The van der Waals surface area contributed by atoms with Gasteiger partial charge in [0.1, 0.15) is 0 Å². The van der Waals surface area contributed by atoms with E-state index in [0.29, 0.717) is 5.95 Å². The van der Waals surface area contributed by atoms with E-state index in [2.05, 4.69) is 44.4 Å². The van der Waals surface area contributed by atoms with E-state index in [4.69, 9.17) is 0 Å². The Labute approximate surface area is 180 Å². The van der Waals surface area contributed by atoms with Gasteiger partial charge in [0, 0.05) is 0 Å². The van der Waals surface area contributed by atoms with Gasteiger partial charge in [-0.2, -0.15) is 4.98 Å². The molecular weight excluding hydrogens is 410 g/mol. The Kier molecular flexibility index (Phi) is 4.91. The molecular formula is C23H21N5O2S. The van der Waals surface area contributed by atoms with Crippen LogP contribution in [-0.4, -0.2) is 23.2 Å². The minimum Gasteiger partial charge on any atom is -0.347 e. The third-order valence-corrected chi connectivity index (χ3v) is 6.70. The second kappa shape index (κ2) is 7.88. The molecule has 2 heterocycles. The number of nitrogens with one attached hydrogen (secondary N) is 2. The predicted molar refractivity (Wildman–Crippen MR) is 119 cm³/mol. The molecule has 0 spiro atoms. The van der Waals surface area contributed by atoms with Gasteiger partial charge in [-0.3, -0.25) is 0 Å². The smallest absolute Gasteiger partial charge is 0.264 e. The van der Waals surface area contributed by atoms with Gasteiger partial charge in [0.15, 0.2) is 0 Å². The summed E-state index contributed by atoms with van der Waals surface area (Å²) in [5, 5.41) is 7.91. The van der Waals surface area contributed by atoms with Crippen LogP contribution in [0.3, 0.4) is 0 Å². The van der Waals surface area contributed by atoms with Crippen molar-refractivity contribution in [2.24, 2.45) is 0 Å². The fourth-order valence-corrected chi connectivity index (χ4v) is 4.82. The van der Waals surface area contributed by atoms with Gasteiger partial charge in [-0.05, 0) is 29.7 Å². The molecule has 0 fully saturated rings. The summed E-state index contributed by atoms with van der Waals surface area (Å²) in [7, 11) is -3.78. The van der Waals surface area contributed by atoms with E-state index in [9.17, 15) is 8.42 Å². The van der Waals surface area contributed by atoms with E-state index >= 15 is 0 Å². The van der Waals surface area contributed by atoms with Crippen molar-refractivity contribution >= 4 is 21.9 Å². The molecule has 156 valence electrons. The van der Waals surface area contributed by atoms with Gasteiger partial charge >= 0.3 is 0 Å². The summed E-state index contributed by atoms with van der Waals surface area (Å²) in [6.45, 7) is 0. The average molecular weight is 432 g/mol. The van der Waals surface area contributed by atoms with E-state index in [1.807, 2.05) is 36.4 Å². The average Bonchev–Trinajstić information content (AvgIpc) is 3.21. The van der Waals surface area contributed by atoms with Crippen LogP contribution in [0.1, 0.15) is 29.6 Å². The van der Waals surface area contributed by atoms with Crippen LogP contribution in [0.25, 0.3) is 0 Å². The maximum Gasteiger partial charge on any atom is 0.264 e. The number of benzene rings is 3. The fourth-order valence-electron chi connectivity index (χ4n) is 3.86. The maximum atomic E-state index is 12.7. The second-order valence-electron chi connectivity index (χ2n) is 7.39. The summed E-state index contributed by atoms with van der Waals surface area (Å²) in [5.74, 6) is 0.570. The lowest BCUT2D eigenvalue weighted by atomic mass is 9.93. The molecule has 1 aromatic heterocycles. The maximum absolute atomic E-state index is 12.7. The molecule has 0 saturated heterocycles. The lowest BCUT2D eigenvalue weighted by molar-refractivity contribution is 0.431. The third-order valence-electron chi connectivity index (χ3n) is 5.35. The Hall–Kier alpha value is -3.65. The molecule has 0 radical (unpaired) electrons. The minimum absolute atomic E-state index is 0.0293. The summed E-state index contributed by atoms with van der Waals surface area (Å²) >= 11 is 0. The molecule has 4 aromatic rings. The zero-order valence-electron chi connectivity index (χ0n) is 16.6. The molecule has 0 bridgehead atoms. The van der Waals surface area contributed by atoms with Gasteiger partial charge in [-0.15, -0.1) is 5.10 Å². The first kappa shape index (κ1) is 19.3. The number of hydrogen-bond acceptors (Lipinski definition) is 5. The zero-order chi connectivity index (χ0) is 21.3. The Balaban J connectivity index is 1.52. The van der Waals surface area contributed by atoms with Crippen molar-refractivity contribution in [3.63, 3.8) is 0 Å². The summed E-state index contributed by atoms with van der Waals surface area (Å²) in [5.41, 5.74) is 2.23. The van der Waals surface area contributed by atoms with Crippen LogP contribution in [0.5, 0.6) is 0 Å². The summed E-state index contributed by atoms with van der Waals surface area (Å²) in [6.07, 6.45) is 0.759. The summed E-state index contributed by atoms with van der Waals surface area (Å²) in [4.78, 5) is 4.63. The van der Waals surface area contributed by atoms with Crippen LogP contribution in [0.15, 0.2) is 95.9 Å². The van der Waals surface area contributed by atoms with Crippen molar-refractivity contribution < 1.29 is 8.42 Å². The minimum atomic E-state index is -3.78. The van der Waals surface area contributed by atoms with Crippen molar-refractivity contribution in [3.8, 4) is 0 Å². The first-order valence-electron chi connectivity index (χ1n) is 10.0. The monoisotopic (exact) mass is 431 g/mol. The van der Waals surface area contributed by atoms with E-state index in [1.165, 1.54) is 12.1 Å². The Morgan fingerprint density at radius 2 is 1.42 bits per heavy atom. The summed E-state index contributed by atoms with van der Waals surface area (Å²) < 4.78 is 29.7. The number of aromatic nitrogens is 3. The first-order chi connectivity index (χ1) is 15.1. The van der Waals surface area contributed by atoms with Crippen molar-refractivity contribution in [2.45, 2.75) is 23.4 Å². The lowest BCUT2D eigenvalue weighted by Crippen LogP contribution is -2.28. The van der Waals surface area contributed by atoms with E-state index in [1.54, 1.807) is 22.9 Å². The molecule has 0 saturated carbocycles. The second-order valence-corrected chi connectivity index (χ2v) is 9.07. The highest BCUT2D eigenvalue weighted by atomic mass is 32.2. The van der Waals surface area contributed by atoms with E-state index in [-0.39, 0.29) is 22.9 Å². The molecule has 3 aromatic carbocycles. The number of fused-ring (bicyclic) bond motifs is 1. The SMILES string of the molecule is O=S(=O)(Nc1nc2n(n1)C(c1ccccc1)CC(c1ccccc1)N2)c1ccccc1. The van der Waals surface area contributed by atoms with Crippen LogP contribution in [-0.2, 0) is 10.0 Å². The van der Waals surface area contributed by atoms with Gasteiger partial charge in [0.05, 0.1) is 17.0 Å². The van der Waals surface area contributed by atoms with Crippen molar-refractivity contribution in [1.82, 2.24) is 14.8 Å². The topological polar surface area (TPSA) is 88.9 Å². The van der Waals surface area contributed by atoms with Crippen LogP contribution in [0, 0.1) is 0 Å². The number of nitrogens with zero attached hydrogens (tertiary/aromatic N) is 3. The van der Waals surface area contributed by atoms with Crippen molar-refractivity contribution in [3.05, 3.63) is 102 Å². The predicted octanol–water partition coefficient (Wildman–Crippen LogP) is 4.23. The van der Waals surface area contributed by atoms with E-state index < -0.39 is 10.0 Å². The Morgan fingerprint density at radius 1 is 0.839 bits per heavy atom.